The van der Waals surface area contributed by atoms with E-state index in [0.717, 1.165) is 22.7 Å². The quantitative estimate of drug-likeness (QED) is 0.271. The summed E-state index contributed by atoms with van der Waals surface area (Å²) in [7, 11) is 0. The highest BCUT2D eigenvalue weighted by Crippen LogP contribution is 2.29. The summed E-state index contributed by atoms with van der Waals surface area (Å²) in [5, 5.41) is 7.32. The summed E-state index contributed by atoms with van der Waals surface area (Å²) in [4.78, 5) is 4.42. The molecule has 0 aliphatic rings. The predicted octanol–water partition coefficient (Wildman–Crippen LogP) is 4.21. The average Bonchev–Trinajstić information content (AvgIpc) is 3.24. The molecule has 0 aliphatic carbocycles. The summed E-state index contributed by atoms with van der Waals surface area (Å²) in [6, 6.07) is 15.5. The number of nitrogens with two attached hydrogens (primary N) is 1. The molecule has 154 valence electrons. The van der Waals surface area contributed by atoms with E-state index >= 15 is 0 Å². The summed E-state index contributed by atoms with van der Waals surface area (Å²) >= 11 is 0. The van der Waals surface area contributed by atoms with Gasteiger partial charge in [0.15, 0.2) is 5.96 Å². The van der Waals surface area contributed by atoms with Gasteiger partial charge in [0.25, 0.3) is 0 Å². The van der Waals surface area contributed by atoms with Crippen LogP contribution in [0.3, 0.4) is 0 Å². The van der Waals surface area contributed by atoms with Crippen LogP contribution in [0.5, 0.6) is 11.5 Å². The zero-order valence-electron chi connectivity index (χ0n) is 16.5. The first-order chi connectivity index (χ1) is 13.7. The molecule has 1 heterocycles. The Labute approximate surface area is 187 Å². The normalized spacial score (nSPS) is 10.9. The van der Waals surface area contributed by atoms with E-state index in [2.05, 4.69) is 15.4 Å². The number of guanidine groups is 1. The second-order valence-electron chi connectivity index (χ2n) is 5.97. The number of nitrogens with zero attached hydrogens (tertiary/aromatic N) is 3. The number of aliphatic imine (C=N–C) groups is 1. The van der Waals surface area contributed by atoms with Crippen molar-refractivity contribution < 1.29 is 9.47 Å². The van der Waals surface area contributed by atoms with Gasteiger partial charge in [-0.3, -0.25) is 0 Å². The van der Waals surface area contributed by atoms with Crippen LogP contribution in [0.15, 0.2) is 65.9 Å². The van der Waals surface area contributed by atoms with Gasteiger partial charge in [-0.25, -0.2) is 9.67 Å². The van der Waals surface area contributed by atoms with Crippen LogP contribution in [0.25, 0.3) is 5.69 Å². The van der Waals surface area contributed by atoms with Gasteiger partial charge in [0.1, 0.15) is 11.5 Å². The van der Waals surface area contributed by atoms with Gasteiger partial charge >= 0.3 is 0 Å². The zero-order chi connectivity index (χ0) is 19.8. The Morgan fingerprint density at radius 3 is 2.52 bits per heavy atom. The van der Waals surface area contributed by atoms with Gasteiger partial charge in [0, 0.05) is 18.5 Å². The summed E-state index contributed by atoms with van der Waals surface area (Å²) < 4.78 is 13.0. The molecule has 29 heavy (non-hydrogen) atoms. The van der Waals surface area contributed by atoms with Crippen molar-refractivity contribution in [3.8, 4) is 17.2 Å². The summed E-state index contributed by atoms with van der Waals surface area (Å²) in [5.74, 6) is 1.76. The molecule has 0 bridgehead atoms. The third kappa shape index (κ3) is 6.38. The molecule has 0 saturated carbocycles. The number of hydrogen-bond donors (Lipinski definition) is 2. The number of halogens is 1. The SMILES string of the molecule is CCOc1ccc(OCC)c(NC(N)=NCc2ccc(-n3cccn3)cc2)c1.I. The lowest BCUT2D eigenvalue weighted by molar-refractivity contribution is 0.332. The smallest absolute Gasteiger partial charge is 0.193 e. The Balaban J connectivity index is 0.00000300. The van der Waals surface area contributed by atoms with Crippen molar-refractivity contribution in [2.75, 3.05) is 18.5 Å². The summed E-state index contributed by atoms with van der Waals surface area (Å²) in [6.45, 7) is 5.49. The topological polar surface area (TPSA) is 86.7 Å². The van der Waals surface area contributed by atoms with Gasteiger partial charge in [0.05, 0.1) is 31.1 Å². The first-order valence-corrected chi connectivity index (χ1v) is 9.25. The van der Waals surface area contributed by atoms with E-state index in [1.807, 2.05) is 73.3 Å². The van der Waals surface area contributed by atoms with E-state index in [1.54, 1.807) is 6.20 Å². The minimum Gasteiger partial charge on any atom is -0.494 e. The van der Waals surface area contributed by atoms with E-state index < -0.39 is 0 Å². The highest BCUT2D eigenvalue weighted by atomic mass is 127. The van der Waals surface area contributed by atoms with Crippen molar-refractivity contribution in [3.63, 3.8) is 0 Å². The molecular formula is C21H26IN5O2. The molecule has 0 spiro atoms. The lowest BCUT2D eigenvalue weighted by atomic mass is 10.2. The van der Waals surface area contributed by atoms with Gasteiger partial charge in [0.2, 0.25) is 0 Å². The Kier molecular flexibility index (Phi) is 8.78. The minimum absolute atomic E-state index is 0. The zero-order valence-corrected chi connectivity index (χ0v) is 18.9. The molecule has 3 aromatic rings. The van der Waals surface area contributed by atoms with Gasteiger partial charge < -0.3 is 20.5 Å². The lowest BCUT2D eigenvalue weighted by Gasteiger charge is -2.14. The van der Waals surface area contributed by atoms with Crippen molar-refractivity contribution >= 4 is 35.6 Å². The molecule has 0 radical (unpaired) electrons. The fourth-order valence-corrected chi connectivity index (χ4v) is 2.67. The van der Waals surface area contributed by atoms with Gasteiger partial charge in [-0.1, -0.05) is 12.1 Å². The van der Waals surface area contributed by atoms with E-state index in [9.17, 15) is 0 Å². The maximum absolute atomic E-state index is 6.08. The second-order valence-corrected chi connectivity index (χ2v) is 5.97. The van der Waals surface area contributed by atoms with Crippen LogP contribution in [0.1, 0.15) is 19.4 Å². The third-order valence-electron chi connectivity index (χ3n) is 3.96. The number of aromatic nitrogens is 2. The fraction of sp³-hybridized carbons (Fsp3) is 0.238. The molecule has 3 N–H and O–H groups in total. The van der Waals surface area contributed by atoms with Crippen LogP contribution in [0.2, 0.25) is 0 Å². The monoisotopic (exact) mass is 507 g/mol. The number of ether oxygens (including phenoxy) is 2. The summed E-state index contributed by atoms with van der Waals surface area (Å²) in [5.41, 5.74) is 8.85. The van der Waals surface area contributed by atoms with E-state index in [4.69, 9.17) is 15.2 Å². The molecule has 2 aromatic carbocycles. The van der Waals surface area contributed by atoms with Crippen LogP contribution < -0.4 is 20.5 Å². The second kappa shape index (κ2) is 11.3. The Bertz CT molecular complexity index is 911. The maximum atomic E-state index is 6.08. The molecule has 0 aliphatic heterocycles. The summed E-state index contributed by atoms with van der Waals surface area (Å²) in [6.07, 6.45) is 3.66. The Hall–Kier alpha value is -2.75. The number of rotatable bonds is 8. The standard InChI is InChI=1S/C21H25N5O2.HI/c1-3-27-18-10-11-20(28-4-2)19(14-18)25-21(22)23-15-16-6-8-17(9-7-16)26-13-5-12-24-26;/h5-14H,3-4,15H2,1-2H3,(H3,22,23,25);1H. The van der Waals surface area contributed by atoms with E-state index in [0.29, 0.717) is 31.5 Å². The van der Waals surface area contributed by atoms with E-state index in [-0.39, 0.29) is 24.0 Å². The maximum Gasteiger partial charge on any atom is 0.193 e. The van der Waals surface area contributed by atoms with Crippen LogP contribution in [0.4, 0.5) is 5.69 Å². The largest absolute Gasteiger partial charge is 0.494 e. The number of nitrogens with one attached hydrogen (secondary N) is 1. The first-order valence-electron chi connectivity index (χ1n) is 9.25. The Morgan fingerprint density at radius 2 is 1.86 bits per heavy atom. The Morgan fingerprint density at radius 1 is 1.10 bits per heavy atom. The van der Waals surface area contributed by atoms with Crippen molar-refractivity contribution in [2.24, 2.45) is 10.7 Å². The lowest BCUT2D eigenvalue weighted by Crippen LogP contribution is -2.23. The molecule has 0 saturated heterocycles. The van der Waals surface area contributed by atoms with Crippen molar-refractivity contribution in [3.05, 3.63) is 66.5 Å². The molecule has 7 nitrogen and oxygen atoms in total. The van der Waals surface area contributed by atoms with Crippen LogP contribution >= 0.6 is 24.0 Å². The number of anilines is 1. The minimum atomic E-state index is 0. The van der Waals surface area contributed by atoms with Crippen molar-refractivity contribution in [2.45, 2.75) is 20.4 Å². The highest BCUT2D eigenvalue weighted by Gasteiger charge is 2.07. The average molecular weight is 507 g/mol. The third-order valence-corrected chi connectivity index (χ3v) is 3.96. The van der Waals surface area contributed by atoms with Crippen LogP contribution in [0, 0.1) is 0 Å². The van der Waals surface area contributed by atoms with Gasteiger partial charge in [-0.15, -0.1) is 24.0 Å². The predicted molar refractivity (Wildman–Crippen MR) is 127 cm³/mol. The van der Waals surface area contributed by atoms with Crippen LogP contribution in [-0.2, 0) is 6.54 Å². The van der Waals surface area contributed by atoms with Crippen LogP contribution in [-0.4, -0.2) is 29.0 Å². The molecule has 0 atom stereocenters. The van der Waals surface area contributed by atoms with Crippen molar-refractivity contribution in [1.29, 1.82) is 0 Å². The molecule has 8 heteroatoms. The fourth-order valence-electron chi connectivity index (χ4n) is 2.67. The van der Waals surface area contributed by atoms with Gasteiger partial charge in [-0.05, 0) is 49.7 Å². The molecular weight excluding hydrogens is 481 g/mol. The molecule has 0 fully saturated rings. The molecule has 0 amide bonds. The molecule has 0 unspecified atom stereocenters. The van der Waals surface area contributed by atoms with Crippen molar-refractivity contribution in [1.82, 2.24) is 9.78 Å². The highest BCUT2D eigenvalue weighted by molar-refractivity contribution is 14.0. The number of hydrogen-bond acceptors (Lipinski definition) is 4. The number of benzene rings is 2. The molecule has 1 aromatic heterocycles. The van der Waals surface area contributed by atoms with E-state index in [1.165, 1.54) is 0 Å². The molecule has 3 rings (SSSR count). The first kappa shape index (κ1) is 22.5. The van der Waals surface area contributed by atoms with Gasteiger partial charge in [-0.2, -0.15) is 5.10 Å².